The SMILES string of the molecule is CC(C)(C)O.Cc1c(CC(=O)O)c(-c2ccc(Cl)cc2)c2c(F)c(C)n3c2c1N(C)CC3. The van der Waals surface area contributed by atoms with Gasteiger partial charge in [0.05, 0.1) is 28.9 Å². The molecule has 7 heteroatoms. The number of aliphatic hydroxyl groups is 1. The number of halogens is 2. The summed E-state index contributed by atoms with van der Waals surface area (Å²) < 4.78 is 17.4. The van der Waals surface area contributed by atoms with Gasteiger partial charge >= 0.3 is 5.97 Å². The summed E-state index contributed by atoms with van der Waals surface area (Å²) in [6, 6.07) is 7.14. The van der Waals surface area contributed by atoms with Gasteiger partial charge in [-0.3, -0.25) is 4.79 Å². The molecular weight excluding hydrogens is 431 g/mol. The Bertz CT molecular complexity index is 1170. The summed E-state index contributed by atoms with van der Waals surface area (Å²) in [5.74, 6) is -1.21. The number of rotatable bonds is 3. The average molecular weight is 461 g/mol. The fourth-order valence-electron chi connectivity index (χ4n) is 4.26. The maximum Gasteiger partial charge on any atom is 0.307 e. The number of aliphatic carboxylic acids is 1. The molecule has 172 valence electrons. The van der Waals surface area contributed by atoms with Crippen molar-refractivity contribution in [2.24, 2.45) is 0 Å². The standard InChI is InChI=1S/C21H20ClFN2O2.C4H10O/c1-11-15(10-16(26)27)17(13-4-6-14(22)7-5-13)18-19(23)12(2)25-9-8-24(3)20(11)21(18)25;1-4(2,3)5/h4-7H,8-10H2,1-3H3,(H,26,27);5H,1-3H3. The smallest absolute Gasteiger partial charge is 0.307 e. The van der Waals surface area contributed by atoms with Crippen molar-refractivity contribution in [2.45, 2.75) is 53.2 Å². The van der Waals surface area contributed by atoms with Gasteiger partial charge in [0.1, 0.15) is 0 Å². The molecule has 0 bridgehead atoms. The molecule has 0 radical (unpaired) electrons. The highest BCUT2D eigenvalue weighted by Crippen LogP contribution is 2.46. The van der Waals surface area contributed by atoms with E-state index in [0.29, 0.717) is 33.8 Å². The van der Waals surface area contributed by atoms with Gasteiger partial charge in [0.25, 0.3) is 0 Å². The zero-order valence-corrected chi connectivity index (χ0v) is 20.1. The first kappa shape index (κ1) is 24.1. The molecule has 0 atom stereocenters. The van der Waals surface area contributed by atoms with Gasteiger partial charge < -0.3 is 19.7 Å². The molecule has 0 fully saturated rings. The van der Waals surface area contributed by atoms with Crippen molar-refractivity contribution < 1.29 is 19.4 Å². The van der Waals surface area contributed by atoms with E-state index in [0.717, 1.165) is 28.9 Å². The number of carboxylic acid groups (broad SMARTS) is 1. The van der Waals surface area contributed by atoms with Crippen LogP contribution in [0.3, 0.4) is 0 Å². The molecule has 1 aliphatic heterocycles. The summed E-state index contributed by atoms with van der Waals surface area (Å²) in [6.07, 6.45) is -0.162. The zero-order chi connectivity index (χ0) is 24.0. The first-order valence-corrected chi connectivity index (χ1v) is 10.9. The molecule has 4 rings (SSSR count). The topological polar surface area (TPSA) is 65.7 Å². The van der Waals surface area contributed by atoms with Crippen molar-refractivity contribution in [1.82, 2.24) is 4.57 Å². The van der Waals surface area contributed by atoms with Crippen LogP contribution in [0.15, 0.2) is 24.3 Å². The molecule has 2 aromatic carbocycles. The highest BCUT2D eigenvalue weighted by molar-refractivity contribution is 6.30. The normalized spacial score (nSPS) is 13.2. The van der Waals surface area contributed by atoms with Gasteiger partial charge in [-0.25, -0.2) is 4.39 Å². The summed E-state index contributed by atoms with van der Waals surface area (Å²) in [6.45, 7) is 10.4. The molecule has 5 nitrogen and oxygen atoms in total. The highest BCUT2D eigenvalue weighted by Gasteiger charge is 2.30. The third-order valence-corrected chi connectivity index (χ3v) is 5.79. The lowest BCUT2D eigenvalue weighted by Crippen LogP contribution is -2.29. The Morgan fingerprint density at radius 3 is 2.25 bits per heavy atom. The van der Waals surface area contributed by atoms with Gasteiger partial charge in [-0.05, 0) is 69.0 Å². The van der Waals surface area contributed by atoms with E-state index in [1.54, 1.807) is 39.8 Å². The van der Waals surface area contributed by atoms with Crippen molar-refractivity contribution in [3.63, 3.8) is 0 Å². The Labute approximate surface area is 193 Å². The van der Waals surface area contributed by atoms with Gasteiger partial charge in [-0.1, -0.05) is 23.7 Å². The number of hydrogen-bond donors (Lipinski definition) is 2. The van der Waals surface area contributed by atoms with Gasteiger partial charge in [0.2, 0.25) is 0 Å². The zero-order valence-electron chi connectivity index (χ0n) is 19.4. The minimum atomic E-state index is -0.935. The van der Waals surface area contributed by atoms with Gasteiger partial charge in [-0.15, -0.1) is 0 Å². The summed E-state index contributed by atoms with van der Waals surface area (Å²) in [4.78, 5) is 13.7. The fraction of sp³-hybridized carbons (Fsp3) is 0.400. The van der Waals surface area contributed by atoms with Crippen LogP contribution in [0.1, 0.15) is 37.6 Å². The second kappa shape index (κ2) is 8.75. The predicted molar refractivity (Wildman–Crippen MR) is 128 cm³/mol. The molecule has 0 saturated carbocycles. The first-order chi connectivity index (χ1) is 14.8. The van der Waals surface area contributed by atoms with Crippen LogP contribution in [0.5, 0.6) is 0 Å². The quantitative estimate of drug-likeness (QED) is 0.536. The summed E-state index contributed by atoms with van der Waals surface area (Å²) in [7, 11) is 1.97. The molecule has 0 unspecified atom stereocenters. The van der Waals surface area contributed by atoms with E-state index in [9.17, 15) is 9.90 Å². The number of carbonyl (C=O) groups is 1. The van der Waals surface area contributed by atoms with Crippen molar-refractivity contribution in [2.75, 3.05) is 18.5 Å². The van der Waals surface area contributed by atoms with Crippen LogP contribution >= 0.6 is 11.6 Å². The number of benzene rings is 2. The third kappa shape index (κ3) is 4.62. The highest BCUT2D eigenvalue weighted by atomic mass is 35.5. The fourth-order valence-corrected chi connectivity index (χ4v) is 4.38. The molecule has 3 aromatic rings. The number of aromatic nitrogens is 1. The van der Waals surface area contributed by atoms with Crippen LogP contribution in [0, 0.1) is 19.7 Å². The van der Waals surface area contributed by atoms with E-state index < -0.39 is 11.6 Å². The molecule has 2 N–H and O–H groups in total. The molecule has 1 aliphatic rings. The lowest BCUT2D eigenvalue weighted by Gasteiger charge is -2.31. The predicted octanol–water partition coefficient (Wildman–Crippen LogP) is 5.57. The lowest BCUT2D eigenvalue weighted by atomic mass is 9.88. The van der Waals surface area contributed by atoms with Gasteiger partial charge in [0.15, 0.2) is 5.82 Å². The van der Waals surface area contributed by atoms with Gasteiger partial charge in [0, 0.05) is 30.5 Å². The Morgan fingerprint density at radius 1 is 1.16 bits per heavy atom. The molecular formula is C25H30ClFN2O3. The van der Waals surface area contributed by atoms with E-state index in [4.69, 9.17) is 16.7 Å². The number of likely N-dealkylation sites (N-methyl/N-ethyl adjacent to an activating group) is 1. The van der Waals surface area contributed by atoms with Crippen LogP contribution in [0.25, 0.3) is 22.0 Å². The molecule has 0 saturated heterocycles. The second-order valence-corrected chi connectivity index (χ2v) is 9.71. The number of carboxylic acids is 1. The minimum absolute atomic E-state index is 0.162. The summed E-state index contributed by atoms with van der Waals surface area (Å²) in [5, 5.41) is 19.1. The molecule has 0 spiro atoms. The van der Waals surface area contributed by atoms with Crippen LogP contribution in [0.4, 0.5) is 10.1 Å². The Kier molecular flexibility index (Phi) is 6.59. The largest absolute Gasteiger partial charge is 0.481 e. The molecule has 32 heavy (non-hydrogen) atoms. The van der Waals surface area contributed by atoms with Crippen molar-refractivity contribution in [3.05, 3.63) is 51.9 Å². The maximum atomic E-state index is 15.4. The van der Waals surface area contributed by atoms with Crippen molar-refractivity contribution in [3.8, 4) is 11.1 Å². The Balaban J connectivity index is 0.000000523. The average Bonchev–Trinajstić information content (AvgIpc) is 2.91. The van der Waals surface area contributed by atoms with E-state index in [-0.39, 0.29) is 12.2 Å². The number of anilines is 1. The van der Waals surface area contributed by atoms with E-state index in [2.05, 4.69) is 4.90 Å². The van der Waals surface area contributed by atoms with Crippen LogP contribution in [-0.4, -0.2) is 39.9 Å². The Morgan fingerprint density at radius 2 is 1.72 bits per heavy atom. The molecule has 1 aromatic heterocycles. The van der Waals surface area contributed by atoms with E-state index >= 15 is 4.39 Å². The van der Waals surface area contributed by atoms with Crippen molar-refractivity contribution in [1.29, 1.82) is 0 Å². The maximum absolute atomic E-state index is 15.4. The monoisotopic (exact) mass is 460 g/mol. The summed E-state index contributed by atoms with van der Waals surface area (Å²) >= 11 is 6.03. The second-order valence-electron chi connectivity index (χ2n) is 9.27. The van der Waals surface area contributed by atoms with Crippen molar-refractivity contribution >= 4 is 34.2 Å². The molecule has 0 aliphatic carbocycles. The number of hydrogen-bond acceptors (Lipinski definition) is 3. The first-order valence-electron chi connectivity index (χ1n) is 10.6. The minimum Gasteiger partial charge on any atom is -0.481 e. The lowest BCUT2D eigenvalue weighted by molar-refractivity contribution is -0.136. The van der Waals surface area contributed by atoms with Crippen LogP contribution in [-0.2, 0) is 17.8 Å². The molecule has 2 heterocycles. The van der Waals surface area contributed by atoms with Crippen LogP contribution in [0.2, 0.25) is 5.02 Å². The number of nitrogens with zero attached hydrogens (tertiary/aromatic N) is 2. The van der Waals surface area contributed by atoms with Crippen LogP contribution < -0.4 is 4.90 Å². The van der Waals surface area contributed by atoms with Gasteiger partial charge in [-0.2, -0.15) is 0 Å². The third-order valence-electron chi connectivity index (χ3n) is 5.53. The van der Waals surface area contributed by atoms with E-state index in [1.807, 2.05) is 30.7 Å². The Hall–Kier alpha value is -2.57. The summed E-state index contributed by atoms with van der Waals surface area (Å²) in [5.41, 5.74) is 4.80. The van der Waals surface area contributed by atoms with E-state index in [1.165, 1.54) is 0 Å². The molecule has 0 amide bonds.